The van der Waals surface area contributed by atoms with Gasteiger partial charge in [-0.1, -0.05) is 63.0 Å². The lowest BCUT2D eigenvalue weighted by Gasteiger charge is -2.53. The summed E-state index contributed by atoms with van der Waals surface area (Å²) in [5.41, 5.74) is 16.1. The fourth-order valence-electron chi connectivity index (χ4n) is 5.09. The summed E-state index contributed by atoms with van der Waals surface area (Å²) in [4.78, 5) is 20.0. The van der Waals surface area contributed by atoms with Gasteiger partial charge in [0.1, 0.15) is 0 Å². The number of carbonyl (C=O) groups excluding carboxylic acids is 1. The number of hydrogen-bond acceptors (Lipinski definition) is 5. The van der Waals surface area contributed by atoms with Gasteiger partial charge in [-0.25, -0.2) is 0 Å². The predicted octanol–water partition coefficient (Wildman–Crippen LogP) is 7.13. The fraction of sp³-hybridized carbons (Fsp3) is 0.424. The van der Waals surface area contributed by atoms with Crippen molar-refractivity contribution in [2.24, 2.45) is 22.8 Å². The molecule has 3 saturated carbocycles. The van der Waals surface area contributed by atoms with Crippen LogP contribution in [0.15, 0.2) is 62.1 Å². The van der Waals surface area contributed by atoms with Gasteiger partial charge in [0.05, 0.1) is 11.3 Å². The van der Waals surface area contributed by atoms with Crippen LogP contribution in [0.4, 0.5) is 0 Å². The third kappa shape index (κ3) is 9.21. The second-order valence-electron chi connectivity index (χ2n) is 10.2. The molecule has 4 aliphatic carbocycles. The molecule has 2 aromatic rings. The number of allylic oxidation sites excluding steroid dienone is 3. The molecular weight excluding hydrogens is 468 g/mol. The third-order valence-electron chi connectivity index (χ3n) is 7.07. The van der Waals surface area contributed by atoms with Crippen LogP contribution in [-0.4, -0.2) is 23.3 Å². The van der Waals surface area contributed by atoms with E-state index in [9.17, 15) is 4.79 Å². The minimum atomic E-state index is 0.387. The molecular formula is C33H46N4O. The first kappa shape index (κ1) is 30.9. The van der Waals surface area contributed by atoms with Crippen LogP contribution in [0, 0.1) is 11.3 Å². The van der Waals surface area contributed by atoms with Crippen molar-refractivity contribution in [3.05, 3.63) is 90.2 Å². The summed E-state index contributed by atoms with van der Waals surface area (Å²) in [5.74, 6) is 1.07. The zero-order valence-electron chi connectivity index (χ0n) is 23.4. The summed E-state index contributed by atoms with van der Waals surface area (Å²) >= 11 is 0. The van der Waals surface area contributed by atoms with E-state index in [2.05, 4.69) is 66.2 Å². The normalized spacial score (nSPS) is 17.5. The molecule has 0 atom stereocenters. The minimum absolute atomic E-state index is 0.387. The van der Waals surface area contributed by atoms with Gasteiger partial charge in [0, 0.05) is 30.7 Å². The zero-order chi connectivity index (χ0) is 27.8. The second-order valence-corrected chi connectivity index (χ2v) is 10.2. The van der Waals surface area contributed by atoms with Gasteiger partial charge in [-0.05, 0) is 79.3 Å². The number of aldehydes is 1. The summed E-state index contributed by atoms with van der Waals surface area (Å²) in [6.07, 6.45) is 27.7. The van der Waals surface area contributed by atoms with Crippen LogP contribution in [0.2, 0.25) is 0 Å². The van der Waals surface area contributed by atoms with Gasteiger partial charge in [0.2, 0.25) is 0 Å². The fourth-order valence-corrected chi connectivity index (χ4v) is 5.09. The average molecular weight is 515 g/mol. The quantitative estimate of drug-likeness (QED) is 0.257. The van der Waals surface area contributed by atoms with Crippen molar-refractivity contribution >= 4 is 24.0 Å². The van der Waals surface area contributed by atoms with E-state index in [0.29, 0.717) is 17.7 Å². The van der Waals surface area contributed by atoms with Crippen LogP contribution < -0.4 is 11.5 Å². The lowest BCUT2D eigenvalue weighted by atomic mass is 9.52. The van der Waals surface area contributed by atoms with E-state index >= 15 is 0 Å². The van der Waals surface area contributed by atoms with Gasteiger partial charge in [-0.2, -0.15) is 0 Å². The number of fused-ring (bicyclic) bond motifs is 1. The van der Waals surface area contributed by atoms with E-state index in [1.54, 1.807) is 31.9 Å². The van der Waals surface area contributed by atoms with E-state index in [1.165, 1.54) is 38.9 Å². The number of aromatic nitrogens is 2. The van der Waals surface area contributed by atoms with Gasteiger partial charge in [-0.3, -0.25) is 14.8 Å². The summed E-state index contributed by atoms with van der Waals surface area (Å²) in [6.45, 7) is 8.38. The maximum absolute atomic E-state index is 11.2. The standard InChI is InChI=1S/C19H17N3O.C8H14.C3H6.C2H4.CH5N/c20-11-17(13-23)19-15(7-4-8-21-19)10-18-9-14-5-2-1-3-6-16(14)12-22-18;1-7-5-8(6-7)3-2-4-8;1-2-3-1;2*1-2/h2-9,11-13H,1,10,20H2;7H,2-6H2,1H3;1-3H2;1-2H2;2H2,1H3/b17-11-;;;;. The molecule has 204 valence electrons. The number of hydrogen-bond donors (Lipinski definition) is 2. The van der Waals surface area contributed by atoms with Crippen LogP contribution in [0.3, 0.4) is 0 Å². The Morgan fingerprint density at radius 1 is 1.05 bits per heavy atom. The van der Waals surface area contributed by atoms with Gasteiger partial charge in [0.25, 0.3) is 0 Å². The summed E-state index contributed by atoms with van der Waals surface area (Å²) in [7, 11) is 1.50. The highest BCUT2D eigenvalue weighted by Gasteiger charge is 2.45. The second kappa shape index (κ2) is 16.5. The predicted molar refractivity (Wildman–Crippen MR) is 162 cm³/mol. The Bertz CT molecular complexity index is 1090. The molecule has 0 aromatic carbocycles. The number of carbonyl (C=O) groups is 1. The van der Waals surface area contributed by atoms with Crippen molar-refractivity contribution in [2.75, 3.05) is 7.05 Å². The molecule has 38 heavy (non-hydrogen) atoms. The van der Waals surface area contributed by atoms with Crippen LogP contribution in [0.1, 0.15) is 92.8 Å². The van der Waals surface area contributed by atoms with Gasteiger partial charge < -0.3 is 11.5 Å². The van der Waals surface area contributed by atoms with Crippen LogP contribution in [0.25, 0.3) is 17.7 Å². The lowest BCUT2D eigenvalue weighted by Crippen LogP contribution is -2.41. The van der Waals surface area contributed by atoms with E-state index in [4.69, 9.17) is 5.73 Å². The summed E-state index contributed by atoms with van der Waals surface area (Å²) in [5, 5.41) is 0. The van der Waals surface area contributed by atoms with E-state index in [-0.39, 0.29) is 0 Å². The van der Waals surface area contributed by atoms with Crippen LogP contribution in [-0.2, 0) is 11.2 Å². The number of nitrogens with two attached hydrogens (primary N) is 2. The Kier molecular flexibility index (Phi) is 13.4. The highest BCUT2D eigenvalue weighted by molar-refractivity contribution is 6.06. The van der Waals surface area contributed by atoms with E-state index < -0.39 is 0 Å². The zero-order valence-corrected chi connectivity index (χ0v) is 23.4. The number of pyridine rings is 2. The summed E-state index contributed by atoms with van der Waals surface area (Å²) in [6, 6.07) is 5.87. The van der Waals surface area contributed by atoms with Crippen molar-refractivity contribution in [3.8, 4) is 0 Å². The molecule has 5 heteroatoms. The molecule has 6 rings (SSSR count). The van der Waals surface area contributed by atoms with Crippen molar-refractivity contribution in [1.29, 1.82) is 0 Å². The van der Waals surface area contributed by atoms with Crippen LogP contribution >= 0.6 is 0 Å². The lowest BCUT2D eigenvalue weighted by molar-refractivity contribution is -0.103. The molecule has 0 radical (unpaired) electrons. The van der Waals surface area contributed by atoms with Crippen molar-refractivity contribution in [1.82, 2.24) is 9.97 Å². The Morgan fingerprint density at radius 2 is 1.71 bits per heavy atom. The minimum Gasteiger partial charge on any atom is -0.404 e. The molecule has 0 amide bonds. The molecule has 4 aliphatic rings. The molecule has 5 nitrogen and oxygen atoms in total. The van der Waals surface area contributed by atoms with Crippen molar-refractivity contribution in [2.45, 2.75) is 71.1 Å². The maximum atomic E-state index is 11.2. The van der Waals surface area contributed by atoms with Gasteiger partial charge >= 0.3 is 0 Å². The monoisotopic (exact) mass is 514 g/mol. The highest BCUT2D eigenvalue weighted by Crippen LogP contribution is 2.58. The van der Waals surface area contributed by atoms with Crippen LogP contribution in [0.5, 0.6) is 0 Å². The molecule has 0 aliphatic heterocycles. The number of rotatable bonds is 4. The van der Waals surface area contributed by atoms with E-state index in [0.717, 1.165) is 46.4 Å². The molecule has 2 heterocycles. The average Bonchev–Trinajstić information content (AvgIpc) is 3.81. The maximum Gasteiger partial charge on any atom is 0.153 e. The first-order valence-electron chi connectivity index (χ1n) is 13.8. The highest BCUT2D eigenvalue weighted by atomic mass is 16.1. The Balaban J connectivity index is 0.000000274. The van der Waals surface area contributed by atoms with E-state index in [1.807, 2.05) is 18.3 Å². The smallest absolute Gasteiger partial charge is 0.153 e. The first-order chi connectivity index (χ1) is 18.6. The molecule has 4 N–H and O–H groups in total. The van der Waals surface area contributed by atoms with Gasteiger partial charge in [-0.15, -0.1) is 13.2 Å². The molecule has 0 saturated heterocycles. The van der Waals surface area contributed by atoms with Crippen molar-refractivity contribution in [3.63, 3.8) is 0 Å². The molecule has 0 unspecified atom stereocenters. The Hall–Kier alpha value is -3.31. The molecule has 2 aromatic heterocycles. The largest absolute Gasteiger partial charge is 0.404 e. The summed E-state index contributed by atoms with van der Waals surface area (Å²) < 4.78 is 0. The van der Waals surface area contributed by atoms with Crippen molar-refractivity contribution < 1.29 is 4.79 Å². The Morgan fingerprint density at radius 3 is 2.21 bits per heavy atom. The Labute approximate surface area is 229 Å². The first-order valence-corrected chi connectivity index (χ1v) is 13.8. The molecule has 3 fully saturated rings. The topological polar surface area (TPSA) is 94.9 Å². The van der Waals surface area contributed by atoms with Gasteiger partial charge in [0.15, 0.2) is 6.29 Å². The SMILES string of the molecule is C1CC1.C=C.CC1CC2(CCC2)C1.CN.N/C=C(/C=O)c1ncccc1Cc1cc2c(cn1)C=CCC=C2. The molecule has 0 bridgehead atoms. The molecule has 1 spiro atoms. The third-order valence-corrected chi connectivity index (χ3v) is 7.07. The number of nitrogens with zero attached hydrogens (tertiary/aromatic N) is 2.